The molecule has 0 heterocycles. The van der Waals surface area contributed by atoms with Gasteiger partial charge < -0.3 is 38.5 Å². The summed E-state index contributed by atoms with van der Waals surface area (Å²) in [6.07, 6.45) is 0.672. The zero-order chi connectivity index (χ0) is 24.5. The third kappa shape index (κ3) is 19.7. The van der Waals surface area contributed by atoms with Gasteiger partial charge in [-0.3, -0.25) is 0 Å². The normalized spacial score (nSPS) is 11.9. The van der Waals surface area contributed by atoms with E-state index in [4.69, 9.17) is 33.2 Å². The second-order valence-electron chi connectivity index (χ2n) is 7.64. The summed E-state index contributed by atoms with van der Waals surface area (Å²) in [5, 5.41) is 2.64. The molecule has 0 saturated heterocycles. The number of hydrogen-bond acceptors (Lipinski definition) is 8. The molecule has 0 bridgehead atoms. The molecule has 0 radical (unpaired) electrons. The van der Waals surface area contributed by atoms with Crippen LogP contribution in [0.2, 0.25) is 0 Å². The summed E-state index contributed by atoms with van der Waals surface area (Å²) in [5.41, 5.74) is 0.946. The number of nitrogens with one attached hydrogen (secondary N) is 1. The molecule has 1 aromatic carbocycles. The lowest BCUT2D eigenvalue weighted by Gasteiger charge is -2.10. The molecule has 1 unspecified atom stereocenters. The first-order valence-corrected chi connectivity index (χ1v) is 12.1. The van der Waals surface area contributed by atoms with Crippen LogP contribution < -0.4 is 5.32 Å². The van der Waals surface area contributed by atoms with Crippen LogP contribution in [-0.4, -0.2) is 91.9 Å². The second-order valence-corrected chi connectivity index (χ2v) is 7.64. The molecule has 34 heavy (non-hydrogen) atoms. The molecule has 196 valence electrons. The predicted octanol–water partition coefficient (Wildman–Crippen LogP) is 3.06. The Bertz CT molecular complexity index is 575. The Hall–Kier alpha value is -1.75. The van der Waals surface area contributed by atoms with Crippen molar-refractivity contribution in [1.82, 2.24) is 5.32 Å². The lowest BCUT2D eigenvalue weighted by Crippen LogP contribution is -2.28. The first-order chi connectivity index (χ1) is 16.7. The van der Waals surface area contributed by atoms with Crippen molar-refractivity contribution < 1.29 is 38.0 Å². The van der Waals surface area contributed by atoms with Crippen LogP contribution in [-0.2, 0) is 39.8 Å². The summed E-state index contributed by atoms with van der Waals surface area (Å²) in [5.74, 6) is 0.597. The Labute approximate surface area is 204 Å². The van der Waals surface area contributed by atoms with Crippen LogP contribution >= 0.6 is 0 Å². The fourth-order valence-electron chi connectivity index (χ4n) is 2.50. The fourth-order valence-corrected chi connectivity index (χ4v) is 2.50. The predicted molar refractivity (Wildman–Crippen MR) is 129 cm³/mol. The average molecular weight is 486 g/mol. The summed E-state index contributed by atoms with van der Waals surface area (Å²) < 4.78 is 37.8. The molecule has 0 fully saturated rings. The number of benzene rings is 1. The van der Waals surface area contributed by atoms with Crippen molar-refractivity contribution in [2.45, 2.75) is 26.9 Å². The van der Waals surface area contributed by atoms with Gasteiger partial charge in [-0.2, -0.15) is 0 Å². The molecule has 1 N–H and O–H groups in total. The van der Waals surface area contributed by atoms with E-state index in [-0.39, 0.29) is 6.61 Å². The first-order valence-electron chi connectivity index (χ1n) is 12.1. The average Bonchev–Trinajstić information content (AvgIpc) is 2.86. The molecule has 1 amide bonds. The highest BCUT2D eigenvalue weighted by molar-refractivity contribution is 5.67. The lowest BCUT2D eigenvalue weighted by atomic mass is 10.1. The molecular weight excluding hydrogens is 442 g/mol. The van der Waals surface area contributed by atoms with Gasteiger partial charge in [-0.05, 0) is 11.5 Å². The van der Waals surface area contributed by atoms with E-state index in [0.717, 1.165) is 18.6 Å². The number of amides is 1. The molecule has 1 rings (SSSR count). The largest absolute Gasteiger partial charge is 0.445 e. The minimum Gasteiger partial charge on any atom is -0.445 e. The van der Waals surface area contributed by atoms with Crippen LogP contribution in [0.25, 0.3) is 0 Å². The smallest absolute Gasteiger partial charge is 0.407 e. The summed E-state index contributed by atoms with van der Waals surface area (Å²) in [7, 11) is 0. The topological polar surface area (TPSA) is 93.7 Å². The molecule has 1 atom stereocenters. The summed E-state index contributed by atoms with van der Waals surface area (Å²) >= 11 is 0. The van der Waals surface area contributed by atoms with Crippen molar-refractivity contribution in [3.8, 4) is 0 Å². The molecule has 0 aromatic heterocycles. The molecule has 0 spiro atoms. The first kappa shape index (κ1) is 30.3. The van der Waals surface area contributed by atoms with E-state index in [1.807, 2.05) is 30.3 Å². The van der Waals surface area contributed by atoms with E-state index >= 15 is 0 Å². The van der Waals surface area contributed by atoms with Gasteiger partial charge in [-0.25, -0.2) is 4.79 Å². The van der Waals surface area contributed by atoms with Gasteiger partial charge in [0.2, 0.25) is 0 Å². The number of carbonyl (C=O) groups excluding carboxylic acids is 1. The molecule has 9 nitrogen and oxygen atoms in total. The van der Waals surface area contributed by atoms with Gasteiger partial charge in [0.15, 0.2) is 0 Å². The maximum Gasteiger partial charge on any atom is 0.407 e. The van der Waals surface area contributed by atoms with Gasteiger partial charge in [0.05, 0.1) is 72.7 Å². The Morgan fingerprint density at radius 2 is 1.21 bits per heavy atom. The number of ether oxygens (including phenoxy) is 7. The maximum atomic E-state index is 11.6. The third-order valence-electron chi connectivity index (χ3n) is 4.69. The van der Waals surface area contributed by atoms with E-state index in [1.165, 1.54) is 0 Å². The van der Waals surface area contributed by atoms with Crippen LogP contribution in [0.4, 0.5) is 4.79 Å². The van der Waals surface area contributed by atoms with Crippen molar-refractivity contribution in [2.24, 2.45) is 5.92 Å². The van der Waals surface area contributed by atoms with Crippen molar-refractivity contribution >= 4 is 6.09 Å². The monoisotopic (exact) mass is 485 g/mol. The van der Waals surface area contributed by atoms with Crippen molar-refractivity contribution in [1.29, 1.82) is 0 Å². The zero-order valence-electron chi connectivity index (χ0n) is 20.8. The van der Waals surface area contributed by atoms with Gasteiger partial charge in [0.25, 0.3) is 0 Å². The van der Waals surface area contributed by atoms with Crippen LogP contribution in [0.5, 0.6) is 0 Å². The lowest BCUT2D eigenvalue weighted by molar-refractivity contribution is -0.0180. The number of hydrogen-bond donors (Lipinski definition) is 1. The molecule has 0 saturated carbocycles. The number of carbonyl (C=O) groups is 1. The summed E-state index contributed by atoms with van der Waals surface area (Å²) in [6, 6.07) is 9.53. The highest BCUT2D eigenvalue weighted by Crippen LogP contribution is 2.01. The van der Waals surface area contributed by atoms with Crippen molar-refractivity contribution in [3.05, 3.63) is 35.9 Å². The van der Waals surface area contributed by atoms with Gasteiger partial charge in [0, 0.05) is 13.2 Å². The van der Waals surface area contributed by atoms with E-state index in [2.05, 4.69) is 19.2 Å². The van der Waals surface area contributed by atoms with Gasteiger partial charge >= 0.3 is 6.09 Å². The van der Waals surface area contributed by atoms with Crippen LogP contribution in [0.15, 0.2) is 30.3 Å². The van der Waals surface area contributed by atoms with Crippen molar-refractivity contribution in [2.75, 3.05) is 85.8 Å². The van der Waals surface area contributed by atoms with E-state index in [0.29, 0.717) is 85.1 Å². The third-order valence-corrected chi connectivity index (χ3v) is 4.69. The second kappa shape index (κ2) is 23.0. The van der Waals surface area contributed by atoms with Crippen LogP contribution in [0, 0.1) is 5.92 Å². The van der Waals surface area contributed by atoms with E-state index in [9.17, 15) is 4.79 Å². The van der Waals surface area contributed by atoms with E-state index in [1.54, 1.807) is 0 Å². The maximum absolute atomic E-state index is 11.6. The highest BCUT2D eigenvalue weighted by Gasteiger charge is 2.02. The van der Waals surface area contributed by atoms with Crippen LogP contribution in [0.1, 0.15) is 25.8 Å². The Balaban J connectivity index is 1.71. The zero-order valence-corrected chi connectivity index (χ0v) is 20.8. The SMILES string of the molecule is CCC(C)COCCOCCOCCOCCOCCOCCNC(=O)OCc1ccccc1. The number of alkyl carbamates (subject to hydrolysis) is 1. The molecule has 0 aliphatic heterocycles. The highest BCUT2D eigenvalue weighted by atomic mass is 16.6. The van der Waals surface area contributed by atoms with Crippen molar-refractivity contribution in [3.63, 3.8) is 0 Å². The minimum atomic E-state index is -0.459. The minimum absolute atomic E-state index is 0.249. The molecule has 9 heteroatoms. The summed E-state index contributed by atoms with van der Waals surface area (Å²) in [4.78, 5) is 11.6. The standard InChI is InChI=1S/C25H43NO8/c1-3-23(2)21-33-20-19-32-18-17-31-16-15-30-14-13-29-12-11-28-10-9-26-25(27)34-22-24-7-5-4-6-8-24/h4-8,23H,3,9-22H2,1-2H3,(H,26,27). The Morgan fingerprint density at radius 3 is 1.71 bits per heavy atom. The molecule has 0 aliphatic carbocycles. The Kier molecular flexibility index (Phi) is 20.5. The molecule has 0 aliphatic rings. The van der Waals surface area contributed by atoms with Gasteiger partial charge in [-0.1, -0.05) is 50.6 Å². The van der Waals surface area contributed by atoms with Gasteiger partial charge in [0.1, 0.15) is 6.61 Å². The van der Waals surface area contributed by atoms with E-state index < -0.39 is 6.09 Å². The number of rotatable bonds is 23. The Morgan fingerprint density at radius 1 is 0.735 bits per heavy atom. The molecule has 1 aromatic rings. The summed E-state index contributed by atoms with van der Waals surface area (Å²) in [6.45, 7) is 11.4. The van der Waals surface area contributed by atoms with Gasteiger partial charge in [-0.15, -0.1) is 0 Å². The van der Waals surface area contributed by atoms with Crippen LogP contribution in [0.3, 0.4) is 0 Å². The molecular formula is C25H43NO8. The quantitative estimate of drug-likeness (QED) is 0.237. The fraction of sp³-hybridized carbons (Fsp3) is 0.720.